The van der Waals surface area contributed by atoms with Crippen LogP contribution in [0.15, 0.2) is 97.1 Å². The zero-order valence-electron chi connectivity index (χ0n) is 30.9. The molecule has 0 spiro atoms. The normalized spacial score (nSPS) is 17.6. The largest absolute Gasteiger partial charge is 0.496 e. The zero-order chi connectivity index (χ0) is 36.0. The van der Waals surface area contributed by atoms with E-state index in [0.29, 0.717) is 34.4 Å². The number of carbonyl (C=O) groups excluding carboxylic acids is 1. The Morgan fingerprint density at radius 2 is 1.16 bits per heavy atom. The number of ether oxygens (including phenoxy) is 3. The number of hydrogen-bond acceptors (Lipinski definition) is 6. The van der Waals surface area contributed by atoms with Crippen LogP contribution in [0.2, 0.25) is 16.6 Å². The van der Waals surface area contributed by atoms with Crippen molar-refractivity contribution in [2.45, 2.75) is 83.2 Å². The molecular formula is C43H54O6Si. The van der Waals surface area contributed by atoms with Gasteiger partial charge >= 0.3 is 5.97 Å². The van der Waals surface area contributed by atoms with Crippen molar-refractivity contribution < 1.29 is 28.5 Å². The lowest BCUT2D eigenvalue weighted by atomic mass is 9.80. The van der Waals surface area contributed by atoms with Gasteiger partial charge in [0.1, 0.15) is 11.5 Å². The molecule has 0 aliphatic carbocycles. The Balaban J connectivity index is 1.55. The van der Waals surface area contributed by atoms with Crippen LogP contribution in [0.4, 0.5) is 0 Å². The zero-order valence-corrected chi connectivity index (χ0v) is 31.9. The van der Waals surface area contributed by atoms with Crippen LogP contribution in [-0.4, -0.2) is 40.2 Å². The number of hydrogen-bond donors (Lipinski definition) is 1. The first kappa shape index (κ1) is 37.3. The Bertz CT molecular complexity index is 1680. The second-order valence-electron chi connectivity index (χ2n) is 14.6. The van der Waals surface area contributed by atoms with Gasteiger partial charge in [-0.15, -0.1) is 0 Å². The molecule has 1 aliphatic heterocycles. The highest BCUT2D eigenvalue weighted by molar-refractivity contribution is 6.77. The third kappa shape index (κ3) is 7.85. The van der Waals surface area contributed by atoms with Crippen molar-refractivity contribution in [1.29, 1.82) is 0 Å². The van der Waals surface area contributed by atoms with Crippen molar-refractivity contribution in [2.24, 2.45) is 11.8 Å². The van der Waals surface area contributed by atoms with Gasteiger partial charge in [0.2, 0.25) is 8.32 Å². The monoisotopic (exact) mass is 694 g/mol. The maximum Gasteiger partial charge on any atom is 0.312 e. The molecular weight excluding hydrogens is 641 g/mol. The van der Waals surface area contributed by atoms with Gasteiger partial charge in [-0.1, -0.05) is 126 Å². The number of aliphatic hydroxyl groups is 1. The first-order valence-corrected chi connectivity index (χ1v) is 20.1. The van der Waals surface area contributed by atoms with E-state index in [1.54, 1.807) is 14.2 Å². The molecule has 1 N–H and O–H groups in total. The third-order valence-electron chi connectivity index (χ3n) is 10.7. The molecule has 4 aromatic carbocycles. The van der Waals surface area contributed by atoms with E-state index in [2.05, 4.69) is 84.0 Å². The van der Waals surface area contributed by atoms with Gasteiger partial charge in [-0.25, -0.2) is 0 Å². The van der Waals surface area contributed by atoms with Gasteiger partial charge in [0.25, 0.3) is 0 Å². The fourth-order valence-corrected chi connectivity index (χ4v) is 13.8. The van der Waals surface area contributed by atoms with E-state index in [1.165, 1.54) is 5.56 Å². The molecule has 1 fully saturated rings. The Labute approximate surface area is 299 Å². The molecule has 5 rings (SSSR count). The lowest BCUT2D eigenvalue weighted by Gasteiger charge is -2.46. The Morgan fingerprint density at radius 1 is 0.700 bits per heavy atom. The topological polar surface area (TPSA) is 74.2 Å². The predicted molar refractivity (Wildman–Crippen MR) is 202 cm³/mol. The Kier molecular flexibility index (Phi) is 12.3. The van der Waals surface area contributed by atoms with Crippen molar-refractivity contribution >= 4 is 14.3 Å². The summed E-state index contributed by atoms with van der Waals surface area (Å²) in [7, 11) is 0.858. The quantitative estimate of drug-likeness (QED) is 0.0987. The van der Waals surface area contributed by atoms with Gasteiger partial charge < -0.3 is 23.7 Å². The average Bonchev–Trinajstić information content (AvgIpc) is 3.49. The fraction of sp³-hybridized carbons (Fsp3) is 0.419. The van der Waals surface area contributed by atoms with Crippen LogP contribution in [0.25, 0.3) is 0 Å². The van der Waals surface area contributed by atoms with E-state index in [4.69, 9.17) is 18.6 Å². The van der Waals surface area contributed by atoms with Crippen LogP contribution >= 0.6 is 0 Å². The summed E-state index contributed by atoms with van der Waals surface area (Å²) in [5.41, 5.74) is 6.91. The van der Waals surface area contributed by atoms with Gasteiger partial charge in [0.05, 0.1) is 39.0 Å². The Morgan fingerprint density at radius 3 is 1.62 bits per heavy atom. The lowest BCUT2D eigenvalue weighted by Crippen LogP contribution is -2.50. The second kappa shape index (κ2) is 16.4. The van der Waals surface area contributed by atoms with E-state index in [-0.39, 0.29) is 6.61 Å². The average molecular weight is 695 g/mol. The van der Waals surface area contributed by atoms with Gasteiger partial charge in [0, 0.05) is 18.8 Å². The third-order valence-corrected chi connectivity index (χ3v) is 16.8. The number of carbonyl (C=O) groups is 1. The van der Waals surface area contributed by atoms with E-state index < -0.39 is 38.3 Å². The molecule has 0 aromatic heterocycles. The summed E-state index contributed by atoms with van der Waals surface area (Å²) >= 11 is 0. The number of esters is 1. The Hall–Kier alpha value is -3.91. The van der Waals surface area contributed by atoms with Crippen molar-refractivity contribution in [3.05, 3.63) is 130 Å². The molecule has 0 radical (unpaired) electrons. The van der Waals surface area contributed by atoms with Crippen molar-refractivity contribution in [3.8, 4) is 11.5 Å². The van der Waals surface area contributed by atoms with Crippen LogP contribution in [0.3, 0.4) is 0 Å². The van der Waals surface area contributed by atoms with Crippen molar-refractivity contribution in [2.75, 3.05) is 20.8 Å². The summed E-state index contributed by atoms with van der Waals surface area (Å²) in [5.74, 6) is -0.238. The highest BCUT2D eigenvalue weighted by atomic mass is 28.4. The van der Waals surface area contributed by atoms with Crippen LogP contribution in [-0.2, 0) is 26.8 Å². The van der Waals surface area contributed by atoms with Crippen LogP contribution in [0, 0.1) is 11.8 Å². The molecule has 7 heteroatoms. The van der Waals surface area contributed by atoms with Crippen LogP contribution < -0.4 is 9.47 Å². The van der Waals surface area contributed by atoms with Gasteiger partial charge in [0.15, 0.2) is 0 Å². The summed E-state index contributed by atoms with van der Waals surface area (Å²) in [4.78, 5) is 13.7. The number of rotatable bonds is 15. The van der Waals surface area contributed by atoms with E-state index >= 15 is 0 Å². The highest BCUT2D eigenvalue weighted by Crippen LogP contribution is 2.51. The van der Waals surface area contributed by atoms with E-state index in [0.717, 1.165) is 34.4 Å². The minimum absolute atomic E-state index is 0.154. The molecule has 0 bridgehead atoms. The summed E-state index contributed by atoms with van der Waals surface area (Å²) in [6, 6.07) is 32.6. The van der Waals surface area contributed by atoms with Gasteiger partial charge in [-0.3, -0.25) is 4.79 Å². The maximum absolute atomic E-state index is 13.7. The second-order valence-corrected chi connectivity index (χ2v) is 20.0. The molecule has 1 heterocycles. The minimum atomic E-state index is -2.48. The standard InChI is InChI=1S/C43H54O6Si/c1-28(2)50(29(3)4,30(5)6)49-42(36-22-20-34(39(26-36)47-8)24-32-17-13-10-14-18-32)37-27-48-43(45)40(37)41(44)35-21-19-33(38(25-35)46-7)23-31-15-11-9-12-16-31/h9-22,25-26,28-30,37,40-42,44H,23-24,27H2,1-8H3/t37-,40-,41+,42+/m0/s1. The molecule has 1 saturated heterocycles. The molecule has 50 heavy (non-hydrogen) atoms. The summed E-state index contributed by atoms with van der Waals surface area (Å²) in [6.45, 7) is 13.7. The summed E-state index contributed by atoms with van der Waals surface area (Å²) in [6.07, 6.45) is -0.196. The number of methoxy groups -OCH3 is 2. The van der Waals surface area contributed by atoms with Crippen molar-refractivity contribution in [1.82, 2.24) is 0 Å². The fourth-order valence-electron chi connectivity index (χ4n) is 8.24. The van der Waals surface area contributed by atoms with Crippen molar-refractivity contribution in [3.63, 3.8) is 0 Å². The molecule has 0 saturated carbocycles. The molecule has 4 aromatic rings. The van der Waals surface area contributed by atoms with Gasteiger partial charge in [-0.05, 0) is 62.1 Å². The van der Waals surface area contributed by atoms with Crippen LogP contribution in [0.5, 0.6) is 11.5 Å². The maximum atomic E-state index is 13.7. The molecule has 6 nitrogen and oxygen atoms in total. The van der Waals surface area contributed by atoms with Gasteiger partial charge in [-0.2, -0.15) is 0 Å². The van der Waals surface area contributed by atoms with Crippen LogP contribution in [0.1, 0.15) is 87.1 Å². The van der Waals surface area contributed by atoms with E-state index in [9.17, 15) is 9.90 Å². The number of benzene rings is 4. The number of cyclic esters (lactones) is 1. The molecule has 4 atom stereocenters. The van der Waals surface area contributed by atoms with E-state index in [1.807, 2.05) is 54.6 Å². The number of aliphatic hydroxyl groups excluding tert-OH is 1. The summed E-state index contributed by atoms with van der Waals surface area (Å²) < 4.78 is 25.2. The minimum Gasteiger partial charge on any atom is -0.496 e. The molecule has 1 aliphatic rings. The first-order chi connectivity index (χ1) is 24.0. The molecule has 0 unspecified atom stereocenters. The SMILES string of the molecule is COc1cc([C@@H](O)[C@H]2C(=O)OC[C@@H]2[C@H](O[Si](C(C)C)(C(C)C)C(C)C)c2ccc(Cc3ccccc3)c(OC)c2)ccc1Cc1ccccc1. The highest BCUT2D eigenvalue weighted by Gasteiger charge is 2.52. The predicted octanol–water partition coefficient (Wildman–Crippen LogP) is 9.64. The molecule has 0 amide bonds. The first-order valence-electron chi connectivity index (χ1n) is 17.9. The smallest absolute Gasteiger partial charge is 0.312 e. The summed E-state index contributed by atoms with van der Waals surface area (Å²) in [5, 5.41) is 12.1. The lowest BCUT2D eigenvalue weighted by molar-refractivity contribution is -0.144. The molecule has 266 valence electrons.